The molecule has 1 unspecified atom stereocenters. The zero-order chi connectivity index (χ0) is 13.5. The van der Waals surface area contributed by atoms with Gasteiger partial charge in [0.2, 0.25) is 0 Å². The van der Waals surface area contributed by atoms with Gasteiger partial charge in [-0.05, 0) is 41.7 Å². The van der Waals surface area contributed by atoms with E-state index in [0.29, 0.717) is 0 Å². The first-order chi connectivity index (χ1) is 9.86. The van der Waals surface area contributed by atoms with Gasteiger partial charge in [-0.15, -0.1) is 0 Å². The Hall–Kier alpha value is -2.04. The minimum Gasteiger partial charge on any atom is -0.352 e. The SMILES string of the molecule is N#CC1C=CC2=C(N1)N(c1snc3ncccc13)SC2. The second-order valence-electron chi connectivity index (χ2n) is 4.41. The number of fused-ring (bicyclic) bond motifs is 1. The molecule has 0 spiro atoms. The van der Waals surface area contributed by atoms with Crippen LogP contribution < -0.4 is 9.62 Å². The maximum absolute atomic E-state index is 9.07. The summed E-state index contributed by atoms with van der Waals surface area (Å²) in [5.41, 5.74) is 1.98. The Labute approximate surface area is 123 Å². The van der Waals surface area contributed by atoms with Crippen molar-refractivity contribution in [3.63, 3.8) is 0 Å². The second-order valence-corrected chi connectivity index (χ2v) is 6.08. The van der Waals surface area contributed by atoms with Gasteiger partial charge in [-0.2, -0.15) is 9.64 Å². The molecule has 5 nitrogen and oxygen atoms in total. The van der Waals surface area contributed by atoms with Crippen LogP contribution in [-0.2, 0) is 0 Å². The van der Waals surface area contributed by atoms with Crippen LogP contribution in [0.2, 0.25) is 0 Å². The molecule has 0 aliphatic carbocycles. The third-order valence-electron chi connectivity index (χ3n) is 3.20. The zero-order valence-electron chi connectivity index (χ0n) is 10.3. The summed E-state index contributed by atoms with van der Waals surface area (Å²) in [6.07, 6.45) is 5.68. The number of hydrogen-bond acceptors (Lipinski definition) is 7. The molecule has 7 heteroatoms. The molecule has 1 N–H and O–H groups in total. The number of aromatic nitrogens is 2. The molecule has 0 fully saturated rings. The van der Waals surface area contributed by atoms with E-state index in [2.05, 4.69) is 25.0 Å². The predicted molar refractivity (Wildman–Crippen MR) is 81.1 cm³/mol. The smallest absolute Gasteiger partial charge is 0.174 e. The van der Waals surface area contributed by atoms with Crippen molar-refractivity contribution in [2.75, 3.05) is 10.1 Å². The first-order valence-corrected chi connectivity index (χ1v) is 7.79. The van der Waals surface area contributed by atoms with Gasteiger partial charge >= 0.3 is 0 Å². The van der Waals surface area contributed by atoms with Crippen molar-refractivity contribution in [3.05, 3.63) is 41.9 Å². The molecule has 2 aromatic heterocycles. The fourth-order valence-corrected chi connectivity index (χ4v) is 4.25. The molecule has 0 saturated carbocycles. The predicted octanol–water partition coefficient (Wildman–Crippen LogP) is 2.42. The van der Waals surface area contributed by atoms with Crippen molar-refractivity contribution in [3.8, 4) is 6.07 Å². The summed E-state index contributed by atoms with van der Waals surface area (Å²) in [5.74, 6) is 1.90. The van der Waals surface area contributed by atoms with Crippen LogP contribution >= 0.6 is 23.5 Å². The van der Waals surface area contributed by atoms with E-state index >= 15 is 0 Å². The Morgan fingerprint density at radius 1 is 1.50 bits per heavy atom. The molecule has 20 heavy (non-hydrogen) atoms. The molecule has 4 rings (SSSR count). The molecule has 98 valence electrons. The van der Waals surface area contributed by atoms with Gasteiger partial charge in [0.25, 0.3) is 0 Å². The molecule has 2 aromatic rings. The summed E-state index contributed by atoms with van der Waals surface area (Å²) in [4.78, 5) is 4.27. The molecular weight excluding hydrogens is 290 g/mol. The number of nitrogens with zero attached hydrogens (tertiary/aromatic N) is 4. The third-order valence-corrected chi connectivity index (χ3v) is 5.22. The average molecular weight is 299 g/mol. The van der Waals surface area contributed by atoms with Gasteiger partial charge in [-0.25, -0.2) is 4.98 Å². The number of allylic oxidation sites excluding steroid dienone is 1. The first-order valence-electron chi connectivity index (χ1n) is 6.08. The minimum absolute atomic E-state index is 0.271. The van der Waals surface area contributed by atoms with E-state index in [0.717, 1.165) is 27.6 Å². The molecule has 2 aliphatic rings. The van der Waals surface area contributed by atoms with Gasteiger partial charge in [0, 0.05) is 17.5 Å². The Kier molecular flexibility index (Phi) is 2.65. The molecule has 4 heterocycles. The topological polar surface area (TPSA) is 64.8 Å². The van der Waals surface area contributed by atoms with Crippen LogP contribution in [-0.4, -0.2) is 21.2 Å². The molecule has 0 amide bonds. The summed E-state index contributed by atoms with van der Waals surface area (Å²) in [7, 11) is 0. The summed E-state index contributed by atoms with van der Waals surface area (Å²) < 4.78 is 6.51. The van der Waals surface area contributed by atoms with Crippen molar-refractivity contribution >= 4 is 39.5 Å². The normalized spacial score (nSPS) is 20.9. The van der Waals surface area contributed by atoms with E-state index in [9.17, 15) is 0 Å². The van der Waals surface area contributed by atoms with Crippen molar-refractivity contribution < 1.29 is 0 Å². The summed E-state index contributed by atoms with van der Waals surface area (Å²) in [6.45, 7) is 0. The van der Waals surface area contributed by atoms with Crippen LogP contribution in [0.5, 0.6) is 0 Å². The summed E-state index contributed by atoms with van der Waals surface area (Å²) in [5, 5.41) is 14.4. The van der Waals surface area contributed by atoms with Gasteiger partial charge < -0.3 is 5.32 Å². The van der Waals surface area contributed by atoms with Crippen LogP contribution in [0, 0.1) is 11.3 Å². The quantitative estimate of drug-likeness (QED) is 0.816. The van der Waals surface area contributed by atoms with Crippen molar-refractivity contribution in [2.24, 2.45) is 0 Å². The third kappa shape index (κ3) is 1.69. The number of anilines is 1. The molecule has 2 aliphatic heterocycles. The average Bonchev–Trinajstić information content (AvgIpc) is 3.09. The van der Waals surface area contributed by atoms with Gasteiger partial charge in [0.15, 0.2) is 5.65 Å². The van der Waals surface area contributed by atoms with E-state index in [1.165, 1.54) is 17.1 Å². The van der Waals surface area contributed by atoms with E-state index in [-0.39, 0.29) is 6.04 Å². The van der Waals surface area contributed by atoms with Gasteiger partial charge in [-0.3, -0.25) is 4.31 Å². The van der Waals surface area contributed by atoms with E-state index in [1.807, 2.05) is 24.3 Å². The first kappa shape index (κ1) is 11.8. The Morgan fingerprint density at radius 3 is 3.35 bits per heavy atom. The van der Waals surface area contributed by atoms with Crippen LogP contribution in [0.25, 0.3) is 11.0 Å². The minimum atomic E-state index is -0.271. The number of hydrogen-bond donors (Lipinski definition) is 1. The van der Waals surface area contributed by atoms with Gasteiger partial charge in [0.05, 0.1) is 11.5 Å². The Morgan fingerprint density at radius 2 is 2.45 bits per heavy atom. The standard InChI is InChI=1S/C13H9N5S2/c14-6-9-4-3-8-7-19-18(12(8)16-9)13-10-2-1-5-15-11(10)17-20-13/h1-5,9,16H,7H2. The van der Waals surface area contributed by atoms with Crippen LogP contribution in [0.4, 0.5) is 5.00 Å². The Bertz CT molecular complexity index is 785. The maximum Gasteiger partial charge on any atom is 0.174 e. The molecule has 0 bridgehead atoms. The van der Waals surface area contributed by atoms with Crippen molar-refractivity contribution in [1.29, 1.82) is 5.26 Å². The highest BCUT2D eigenvalue weighted by molar-refractivity contribution is 8.01. The summed E-state index contributed by atoms with van der Waals surface area (Å²) >= 11 is 3.15. The zero-order valence-corrected chi connectivity index (χ0v) is 11.9. The number of rotatable bonds is 1. The Balaban J connectivity index is 1.78. The monoisotopic (exact) mass is 299 g/mol. The lowest BCUT2D eigenvalue weighted by Gasteiger charge is -2.23. The number of pyridine rings is 1. The highest BCUT2D eigenvalue weighted by Gasteiger charge is 2.30. The number of nitriles is 1. The van der Waals surface area contributed by atoms with Crippen LogP contribution in [0.1, 0.15) is 0 Å². The fraction of sp³-hybridized carbons (Fsp3) is 0.154. The summed E-state index contributed by atoms with van der Waals surface area (Å²) in [6, 6.07) is 5.90. The molecular formula is C13H9N5S2. The number of dihydropyridines is 1. The fourth-order valence-electron chi connectivity index (χ4n) is 2.24. The molecule has 1 atom stereocenters. The van der Waals surface area contributed by atoms with E-state index < -0.39 is 0 Å². The number of nitrogens with one attached hydrogen (secondary N) is 1. The van der Waals surface area contributed by atoms with Crippen molar-refractivity contribution in [1.82, 2.24) is 14.7 Å². The lowest BCUT2D eigenvalue weighted by molar-refractivity contribution is 0.772. The van der Waals surface area contributed by atoms with E-state index in [1.54, 1.807) is 18.1 Å². The van der Waals surface area contributed by atoms with E-state index in [4.69, 9.17) is 5.26 Å². The highest BCUT2D eigenvalue weighted by atomic mass is 32.2. The van der Waals surface area contributed by atoms with Gasteiger partial charge in [-0.1, -0.05) is 6.08 Å². The van der Waals surface area contributed by atoms with Crippen LogP contribution in [0.15, 0.2) is 41.9 Å². The van der Waals surface area contributed by atoms with Crippen LogP contribution in [0.3, 0.4) is 0 Å². The second kappa shape index (κ2) is 4.51. The maximum atomic E-state index is 9.07. The molecule has 0 aromatic carbocycles. The lowest BCUT2D eigenvalue weighted by Crippen LogP contribution is -2.33. The molecule has 0 saturated heterocycles. The largest absolute Gasteiger partial charge is 0.352 e. The lowest BCUT2D eigenvalue weighted by atomic mass is 10.1. The van der Waals surface area contributed by atoms with Gasteiger partial charge in [0.1, 0.15) is 16.9 Å². The molecule has 0 radical (unpaired) electrons. The highest BCUT2D eigenvalue weighted by Crippen LogP contribution is 2.42. The van der Waals surface area contributed by atoms with Crippen molar-refractivity contribution in [2.45, 2.75) is 6.04 Å².